The van der Waals surface area contributed by atoms with Gasteiger partial charge >= 0.3 is 0 Å². The van der Waals surface area contributed by atoms with Gasteiger partial charge in [-0.15, -0.1) is 0 Å². The summed E-state index contributed by atoms with van der Waals surface area (Å²) in [6.45, 7) is 0. The van der Waals surface area contributed by atoms with E-state index in [0.29, 0.717) is 15.6 Å². The molecule has 0 aliphatic carbocycles. The zero-order chi connectivity index (χ0) is 24.2. The Kier molecular flexibility index (Phi) is 7.49. The molecule has 0 saturated carbocycles. The monoisotopic (exact) mass is 534 g/mol. The third-order valence-electron chi connectivity index (χ3n) is 5.61. The number of Topliss-reactive ketones (excluding diaryl/α,β-unsaturated/α-hetero) is 1. The minimum Gasteiger partial charge on any atom is -0.311 e. The molecule has 5 rings (SSSR count). The maximum atomic E-state index is 13.8. The van der Waals surface area contributed by atoms with E-state index in [0.717, 1.165) is 21.3 Å². The smallest absolute Gasteiger partial charge is 0.178 e. The molecule has 0 amide bonds. The molecule has 0 N–H and O–H groups in total. The summed E-state index contributed by atoms with van der Waals surface area (Å²) in [5, 5.41) is 1.72. The van der Waals surface area contributed by atoms with Crippen molar-refractivity contribution in [3.63, 3.8) is 0 Å². The number of hydrogen-bond donors (Lipinski definition) is 0. The lowest BCUT2D eigenvalue weighted by molar-refractivity contribution is 0.0983. The van der Waals surface area contributed by atoms with E-state index in [2.05, 4.69) is 17.0 Å². The molecule has 1 aliphatic rings. The van der Waals surface area contributed by atoms with Gasteiger partial charge in [0.15, 0.2) is 11.0 Å². The Bertz CT molecular complexity index is 1330. The molecule has 1 fully saturated rings. The van der Waals surface area contributed by atoms with Crippen LogP contribution >= 0.6 is 46.9 Å². The molecule has 1 aliphatic heterocycles. The molecule has 0 bridgehead atoms. The Morgan fingerprint density at radius 2 is 1.34 bits per heavy atom. The minimum absolute atomic E-state index is 0.0742. The van der Waals surface area contributed by atoms with E-state index in [9.17, 15) is 4.79 Å². The van der Waals surface area contributed by atoms with Crippen molar-refractivity contribution in [1.82, 2.24) is 0 Å². The van der Waals surface area contributed by atoms with Gasteiger partial charge in [-0.2, -0.15) is 4.40 Å². The summed E-state index contributed by atoms with van der Waals surface area (Å²) in [5.74, 6) is 0.0742. The molecule has 2 atom stereocenters. The number of thioether (sulfide) groups is 1. The van der Waals surface area contributed by atoms with Crippen molar-refractivity contribution in [2.24, 2.45) is 4.40 Å². The predicted octanol–water partition coefficient (Wildman–Crippen LogP) is 8.60. The molecular weight excluding hydrogens is 515 g/mol. The normalized spacial score (nSPS) is 18.7. The minimum atomic E-state index is -0.375. The molecule has 0 aromatic heterocycles. The van der Waals surface area contributed by atoms with Crippen LogP contribution in [0.3, 0.4) is 0 Å². The predicted molar refractivity (Wildman–Crippen MR) is 150 cm³/mol. The zero-order valence-corrected chi connectivity index (χ0v) is 21.6. The van der Waals surface area contributed by atoms with Crippen LogP contribution in [0.1, 0.15) is 22.0 Å². The third kappa shape index (κ3) is 5.44. The second kappa shape index (κ2) is 10.9. The van der Waals surface area contributed by atoms with Gasteiger partial charge in [0.05, 0.1) is 6.04 Å². The Morgan fingerprint density at radius 3 is 1.97 bits per heavy atom. The Labute approximate surface area is 223 Å². The van der Waals surface area contributed by atoms with Crippen LogP contribution < -0.4 is 4.90 Å². The SMILES string of the molecule is O=C(c1ccccc1)[C@@H]1S/C(=N\Sc2ccc(Cl)cc2)N(c2ccc(Cl)cc2)[C@H]1c1ccccc1. The summed E-state index contributed by atoms with van der Waals surface area (Å²) in [6, 6.07) is 34.5. The largest absolute Gasteiger partial charge is 0.311 e. The fourth-order valence-corrected chi connectivity index (χ4v) is 6.23. The first-order valence-electron chi connectivity index (χ1n) is 11.0. The lowest BCUT2D eigenvalue weighted by Gasteiger charge is -2.28. The second-order valence-electron chi connectivity index (χ2n) is 7.89. The van der Waals surface area contributed by atoms with Crippen molar-refractivity contribution < 1.29 is 4.79 Å². The highest BCUT2D eigenvalue weighted by atomic mass is 35.5. The first kappa shape index (κ1) is 24.0. The maximum Gasteiger partial charge on any atom is 0.178 e. The van der Waals surface area contributed by atoms with Crippen molar-refractivity contribution in [3.05, 3.63) is 130 Å². The number of benzene rings is 4. The number of rotatable bonds is 6. The average molecular weight is 536 g/mol. The van der Waals surface area contributed by atoms with Crippen molar-refractivity contribution >= 4 is 63.5 Å². The van der Waals surface area contributed by atoms with Crippen molar-refractivity contribution in [3.8, 4) is 0 Å². The molecule has 0 radical (unpaired) electrons. The van der Waals surface area contributed by atoms with E-state index in [1.54, 1.807) is 0 Å². The van der Waals surface area contributed by atoms with E-state index >= 15 is 0 Å². The summed E-state index contributed by atoms with van der Waals surface area (Å²) < 4.78 is 4.90. The average Bonchev–Trinajstić information content (AvgIpc) is 3.29. The van der Waals surface area contributed by atoms with Crippen molar-refractivity contribution in [2.45, 2.75) is 16.2 Å². The van der Waals surface area contributed by atoms with Crippen LogP contribution in [-0.2, 0) is 0 Å². The highest BCUT2D eigenvalue weighted by Crippen LogP contribution is 2.47. The van der Waals surface area contributed by atoms with Crippen LogP contribution in [0.4, 0.5) is 5.69 Å². The highest BCUT2D eigenvalue weighted by Gasteiger charge is 2.45. The van der Waals surface area contributed by atoms with Crippen LogP contribution in [0.5, 0.6) is 0 Å². The Hall–Kier alpha value is -2.70. The lowest BCUT2D eigenvalue weighted by Crippen LogP contribution is -2.33. The van der Waals surface area contributed by atoms with Gasteiger partial charge in [-0.1, -0.05) is 95.6 Å². The fourth-order valence-electron chi connectivity index (χ4n) is 3.95. The first-order chi connectivity index (χ1) is 17.1. The number of amidine groups is 1. The summed E-state index contributed by atoms with van der Waals surface area (Å²) in [7, 11) is 0. The van der Waals surface area contributed by atoms with Gasteiger partial charge in [0.1, 0.15) is 5.25 Å². The Balaban J connectivity index is 1.60. The molecular formula is C28H20Cl2N2OS2. The molecule has 174 valence electrons. The van der Waals surface area contributed by atoms with Gasteiger partial charge in [-0.05, 0) is 54.1 Å². The topological polar surface area (TPSA) is 32.7 Å². The van der Waals surface area contributed by atoms with Crippen molar-refractivity contribution in [1.29, 1.82) is 0 Å². The van der Waals surface area contributed by atoms with Gasteiger partial charge in [0, 0.05) is 38.1 Å². The number of anilines is 1. The van der Waals surface area contributed by atoms with Crippen LogP contribution in [0, 0.1) is 0 Å². The molecule has 1 heterocycles. The van der Waals surface area contributed by atoms with Crippen molar-refractivity contribution in [2.75, 3.05) is 4.90 Å². The van der Waals surface area contributed by atoms with E-state index in [4.69, 9.17) is 27.6 Å². The summed E-state index contributed by atoms with van der Waals surface area (Å²) in [6.07, 6.45) is 0. The van der Waals surface area contributed by atoms with E-state index in [1.165, 1.54) is 23.7 Å². The van der Waals surface area contributed by atoms with Gasteiger partial charge in [-0.25, -0.2) is 0 Å². The van der Waals surface area contributed by atoms with Crippen LogP contribution in [0.2, 0.25) is 10.0 Å². The van der Waals surface area contributed by atoms with Crippen LogP contribution in [0.15, 0.2) is 118 Å². The molecule has 7 heteroatoms. The molecule has 3 nitrogen and oxygen atoms in total. The van der Waals surface area contributed by atoms with Crippen LogP contribution in [-0.4, -0.2) is 16.2 Å². The number of hydrogen-bond acceptors (Lipinski definition) is 4. The van der Waals surface area contributed by atoms with Gasteiger partial charge in [-0.3, -0.25) is 4.79 Å². The van der Waals surface area contributed by atoms with Gasteiger partial charge in [0.2, 0.25) is 0 Å². The quantitative estimate of drug-likeness (QED) is 0.183. The lowest BCUT2D eigenvalue weighted by atomic mass is 9.96. The molecule has 4 aromatic carbocycles. The first-order valence-corrected chi connectivity index (χ1v) is 13.4. The molecule has 1 saturated heterocycles. The number of carbonyl (C=O) groups is 1. The third-order valence-corrected chi connectivity index (χ3v) is 8.20. The zero-order valence-electron chi connectivity index (χ0n) is 18.4. The van der Waals surface area contributed by atoms with Gasteiger partial charge in [0.25, 0.3) is 0 Å². The standard InChI is InChI=1S/C28H20Cl2N2OS2/c29-21-11-15-23(16-12-21)32-25(19-7-3-1-4-8-19)27(26(33)20-9-5-2-6-10-20)34-28(32)31-35-24-17-13-22(30)14-18-24/h1-18,25,27H/b31-28-/t25-,27+/m0/s1. The highest BCUT2D eigenvalue weighted by molar-refractivity contribution is 8.16. The number of halogens is 2. The number of carbonyl (C=O) groups excluding carboxylic acids is 1. The number of nitrogens with zero attached hydrogens (tertiary/aromatic N) is 2. The molecule has 0 unspecified atom stereocenters. The summed E-state index contributed by atoms with van der Waals surface area (Å²) >= 11 is 15.1. The Morgan fingerprint density at radius 1 is 0.771 bits per heavy atom. The van der Waals surface area contributed by atoms with Crippen LogP contribution in [0.25, 0.3) is 0 Å². The summed E-state index contributed by atoms with van der Waals surface area (Å²) in [4.78, 5) is 16.9. The fraction of sp³-hybridized carbons (Fsp3) is 0.0714. The van der Waals surface area contributed by atoms with E-state index in [1.807, 2.05) is 97.1 Å². The van der Waals surface area contributed by atoms with Gasteiger partial charge < -0.3 is 4.90 Å². The van der Waals surface area contributed by atoms with E-state index < -0.39 is 0 Å². The molecule has 35 heavy (non-hydrogen) atoms. The molecule has 4 aromatic rings. The second-order valence-corrected chi connectivity index (χ2v) is 10.7. The molecule has 0 spiro atoms. The number of ketones is 1. The maximum absolute atomic E-state index is 13.8. The summed E-state index contributed by atoms with van der Waals surface area (Å²) in [5.41, 5.74) is 2.66. The van der Waals surface area contributed by atoms with E-state index in [-0.39, 0.29) is 17.1 Å².